The summed E-state index contributed by atoms with van der Waals surface area (Å²) < 4.78 is 83.6. The van der Waals surface area contributed by atoms with Crippen molar-refractivity contribution in [3.63, 3.8) is 0 Å². The quantitative estimate of drug-likeness (QED) is 0.0377. The minimum atomic E-state index is -0.982. The summed E-state index contributed by atoms with van der Waals surface area (Å²) in [5.41, 5.74) is 6.83. The number of esters is 2. The first-order valence-corrected chi connectivity index (χ1v) is 37.1. The molecule has 0 bridgehead atoms. The van der Waals surface area contributed by atoms with Gasteiger partial charge in [-0.1, -0.05) is 51.4 Å². The van der Waals surface area contributed by atoms with Crippen LogP contribution in [0.4, 0.5) is 17.6 Å². The average molecular weight is 1290 g/mol. The van der Waals surface area contributed by atoms with Gasteiger partial charge in [-0.2, -0.15) is 0 Å². The van der Waals surface area contributed by atoms with E-state index in [-0.39, 0.29) is 51.7 Å². The summed E-state index contributed by atoms with van der Waals surface area (Å²) >= 11 is 0. The Morgan fingerprint density at radius 1 is 0.551 bits per heavy atom. The van der Waals surface area contributed by atoms with Crippen molar-refractivity contribution in [3.05, 3.63) is 124 Å². The van der Waals surface area contributed by atoms with E-state index in [9.17, 15) is 41.8 Å². The normalized spacial score (nSPS) is 17.1. The monoisotopic (exact) mass is 1290 g/mol. The number of hydrogen-bond acceptors (Lipinski definition) is 14. The number of aldehydes is 1. The van der Waals surface area contributed by atoms with E-state index in [2.05, 4.69) is 100 Å². The zero-order valence-electron chi connectivity index (χ0n) is 57.7. The molecule has 0 radical (unpaired) electrons. The van der Waals surface area contributed by atoms with E-state index >= 15 is 0 Å². The third-order valence-electron chi connectivity index (χ3n) is 14.0. The number of aliphatic carboxylic acids is 1. The molecule has 0 unspecified atom stereocenters. The summed E-state index contributed by atoms with van der Waals surface area (Å²) in [6, 6.07) is 17.9. The summed E-state index contributed by atoms with van der Waals surface area (Å²) in [6.45, 7) is 42.4. The van der Waals surface area contributed by atoms with E-state index in [0.29, 0.717) is 77.7 Å². The van der Waals surface area contributed by atoms with Gasteiger partial charge in [0.25, 0.3) is 0 Å². The molecule has 4 aromatic carbocycles. The number of halogens is 4. The maximum Gasteiger partial charge on any atom is 0.330 e. The van der Waals surface area contributed by atoms with Gasteiger partial charge >= 0.3 is 17.9 Å². The molecule has 2 saturated heterocycles. The summed E-state index contributed by atoms with van der Waals surface area (Å²) in [6.07, 6.45) is 5.64. The lowest BCUT2D eigenvalue weighted by molar-refractivity contribution is -0.145. The molecule has 2 aliphatic rings. The molecule has 6 rings (SSSR count). The van der Waals surface area contributed by atoms with Crippen LogP contribution in [0.5, 0.6) is 23.0 Å². The molecule has 2 aliphatic heterocycles. The second-order valence-electron chi connectivity index (χ2n) is 28.5. The first kappa shape index (κ1) is 80.9. The van der Waals surface area contributed by atoms with Crippen molar-refractivity contribution in [2.45, 2.75) is 156 Å². The van der Waals surface area contributed by atoms with Gasteiger partial charge in [-0.15, -0.1) is 0 Å². The molecule has 2 fully saturated rings. The van der Waals surface area contributed by atoms with Gasteiger partial charge in [0.1, 0.15) is 46.3 Å². The maximum absolute atomic E-state index is 14.4. The van der Waals surface area contributed by atoms with E-state index in [1.807, 2.05) is 41.5 Å². The van der Waals surface area contributed by atoms with Gasteiger partial charge in [-0.3, -0.25) is 24.2 Å². The van der Waals surface area contributed by atoms with Crippen LogP contribution in [0.25, 0.3) is 6.08 Å². The van der Waals surface area contributed by atoms with Gasteiger partial charge in [0, 0.05) is 96.1 Å². The molecular weight excluding hydrogens is 1180 g/mol. The SMILES string of the molecule is CC(C)(C)N.CC(C)(C)N(C[Si](C)(C)C)C[Si](C)(C)C.COC(=O)/C=C/c1ccc(OC)cc1F.COC(=O)[C@@H]1CN(C(C)(C)C)C[C@H]1c1ccc(OC)cc1F.COc1ccc(C=O)c(F)c1.COc1ccc([C@@H]2CN(C(C)(C)C)C[C@H]2C(=O)O)c(F)c1. The zero-order valence-corrected chi connectivity index (χ0v) is 59.7. The highest BCUT2D eigenvalue weighted by molar-refractivity contribution is 6.77. The lowest BCUT2D eigenvalue weighted by atomic mass is 9.88. The number of likely N-dealkylation sites (tertiary alicyclic amines) is 2. The van der Waals surface area contributed by atoms with Crippen molar-refractivity contribution in [2.24, 2.45) is 17.6 Å². The molecule has 21 heteroatoms. The first-order chi connectivity index (χ1) is 40.8. The highest BCUT2D eigenvalue weighted by Crippen LogP contribution is 2.40. The van der Waals surface area contributed by atoms with E-state index in [1.54, 1.807) is 30.3 Å². The van der Waals surface area contributed by atoms with E-state index < -0.39 is 51.5 Å². The Hall–Kier alpha value is -6.11. The number of methoxy groups -OCH3 is 6. The Kier molecular flexibility index (Phi) is 32.3. The minimum absolute atomic E-state index is 0. The number of hydrogen-bond donors (Lipinski definition) is 2. The molecule has 0 spiro atoms. The van der Waals surface area contributed by atoms with Crippen molar-refractivity contribution in [1.82, 2.24) is 14.7 Å². The van der Waals surface area contributed by atoms with Crippen molar-refractivity contribution < 1.29 is 70.3 Å². The van der Waals surface area contributed by atoms with Crippen LogP contribution in [0.3, 0.4) is 0 Å². The van der Waals surface area contributed by atoms with E-state index in [4.69, 9.17) is 29.4 Å². The Bertz CT molecular complexity index is 2890. The molecule has 0 aromatic heterocycles. The van der Waals surface area contributed by atoms with Crippen LogP contribution in [-0.2, 0) is 23.9 Å². The van der Waals surface area contributed by atoms with Crippen molar-refractivity contribution in [3.8, 4) is 23.0 Å². The standard InChI is InChI=1S/C17H24FNO3.C16H22FNO3.C12H31NSi2.C11H11FO3.C8H7FO2.C4H11N/c1-17(2,3)19-9-13(14(10-19)16(20)22-5)12-7-6-11(21-4)8-15(12)18;1-16(2,3)18-8-12(13(9-18)15(19)20)11-6-5-10(21-4)7-14(11)17;1-12(2,3)13(10-14(4,5)6)11-15(7,8)9;1-14-9-5-3-8(10(12)7-9)4-6-11(13)15-2;1-11-7-3-2-6(5-10)8(9)4-7;1-4(2,3)5/h6-8,13-14H,9-10H2,1-5H3;5-7,12-13H,8-9H2,1-4H3,(H,19,20);10-11H2,1-9H3;3-7H,1-2H3;2-5H,1H3;5H2,1-3H3/b;;;6-4+;;/t13-,14+;12-,13+;;;;/m00..../s1. The molecule has 3 N–H and O–H groups in total. The number of benzene rings is 4. The number of carboxylic acids is 1. The van der Waals surface area contributed by atoms with Crippen molar-refractivity contribution in [2.75, 3.05) is 81.2 Å². The van der Waals surface area contributed by atoms with Crippen LogP contribution in [0, 0.1) is 35.1 Å². The maximum atomic E-state index is 14.4. The summed E-state index contributed by atoms with van der Waals surface area (Å²) in [4.78, 5) is 51.6. The van der Waals surface area contributed by atoms with Gasteiger partial charge in [-0.25, -0.2) is 22.4 Å². The van der Waals surface area contributed by atoms with Crippen LogP contribution >= 0.6 is 0 Å². The summed E-state index contributed by atoms with van der Waals surface area (Å²) in [7, 11) is 6.55. The van der Waals surface area contributed by atoms with Crippen molar-refractivity contribution in [1.29, 1.82) is 0 Å². The van der Waals surface area contributed by atoms with Crippen molar-refractivity contribution >= 4 is 46.4 Å². The Labute approximate surface area is 531 Å². The molecule has 0 saturated carbocycles. The highest BCUT2D eigenvalue weighted by atomic mass is 28.3. The number of ether oxygens (including phenoxy) is 6. The van der Waals surface area contributed by atoms with Gasteiger partial charge < -0.3 is 44.2 Å². The second-order valence-corrected chi connectivity index (χ2v) is 39.4. The van der Waals surface area contributed by atoms with Gasteiger partial charge in [-0.05, 0) is 149 Å². The lowest BCUT2D eigenvalue weighted by Gasteiger charge is -2.42. The number of nitrogens with zero attached hydrogens (tertiary/aromatic N) is 3. The molecular formula is C68H106F4N4O11Si2. The fraction of sp³-hybridized carbons (Fsp3) is 0.559. The number of carboxylic acid groups (broad SMARTS) is 1. The van der Waals surface area contributed by atoms with E-state index in [1.165, 1.54) is 104 Å². The number of rotatable bonds is 15. The zero-order chi connectivity index (χ0) is 68.8. The molecule has 2 heterocycles. The average Bonchev–Trinajstić information content (AvgIpc) is 2.82. The fourth-order valence-corrected chi connectivity index (χ4v) is 12.9. The lowest BCUT2D eigenvalue weighted by Crippen LogP contribution is -2.55. The topological polar surface area (TPSA) is 180 Å². The van der Waals surface area contributed by atoms with Crippen LogP contribution in [0.15, 0.2) is 78.9 Å². The first-order valence-electron chi connectivity index (χ1n) is 29.7. The Morgan fingerprint density at radius 3 is 1.17 bits per heavy atom. The molecule has 89 heavy (non-hydrogen) atoms. The summed E-state index contributed by atoms with van der Waals surface area (Å²) in [5.74, 6) is -3.17. The van der Waals surface area contributed by atoms with Crippen LogP contribution in [0.2, 0.25) is 39.3 Å². The van der Waals surface area contributed by atoms with Gasteiger partial charge in [0.2, 0.25) is 0 Å². The molecule has 4 aromatic rings. The molecule has 0 aliphatic carbocycles. The van der Waals surface area contributed by atoms with Gasteiger partial charge in [0.05, 0.1) is 76.2 Å². The number of carbonyl (C=O) groups is 4. The third kappa shape index (κ3) is 29.6. The third-order valence-corrected chi connectivity index (χ3v) is 16.7. The fourth-order valence-electron chi connectivity index (χ4n) is 9.25. The largest absolute Gasteiger partial charge is 0.497 e. The predicted octanol–water partition coefficient (Wildman–Crippen LogP) is 13.8. The molecule has 500 valence electrons. The minimum Gasteiger partial charge on any atom is -0.497 e. The Morgan fingerprint density at radius 2 is 0.888 bits per heavy atom. The number of nitrogens with two attached hydrogens (primary N) is 1. The van der Waals surface area contributed by atoms with Crippen LogP contribution in [0.1, 0.15) is 122 Å². The summed E-state index contributed by atoms with van der Waals surface area (Å²) in [5, 5.41) is 9.45. The van der Waals surface area contributed by atoms with Crippen LogP contribution in [-0.4, -0.2) is 163 Å². The second kappa shape index (κ2) is 35.5. The highest BCUT2D eigenvalue weighted by Gasteiger charge is 2.45. The van der Waals surface area contributed by atoms with Gasteiger partial charge in [0.15, 0.2) is 6.29 Å². The number of carbonyl (C=O) groups excluding carboxylic acids is 3. The molecule has 15 nitrogen and oxygen atoms in total. The predicted molar refractivity (Wildman–Crippen MR) is 355 cm³/mol. The molecule has 4 atom stereocenters. The smallest absolute Gasteiger partial charge is 0.330 e. The van der Waals surface area contributed by atoms with E-state index in [0.717, 1.165) is 6.08 Å². The molecule has 0 amide bonds. The van der Waals surface area contributed by atoms with Crippen LogP contribution < -0.4 is 24.7 Å². The Balaban J connectivity index is 0.000000555.